The van der Waals surface area contributed by atoms with Gasteiger partial charge in [-0.05, 0) is 0 Å². The van der Waals surface area contributed by atoms with Crippen LogP contribution in [0.5, 0.6) is 11.5 Å². The number of hydrogen-bond donors (Lipinski definition) is 0. The number of hydrogen-bond acceptors (Lipinski definition) is 1. The fraction of sp³-hybridized carbons (Fsp3) is 0.0213. The molecular weight excluding hydrogens is 709 g/mol. The summed E-state index contributed by atoms with van der Waals surface area (Å²) in [5.41, 5.74) is 10.6. The number of ether oxygens (including phenoxy) is 1. The van der Waals surface area contributed by atoms with Crippen LogP contribution in [0.3, 0.4) is 0 Å². The van der Waals surface area contributed by atoms with Gasteiger partial charge in [-0.1, -0.05) is 0 Å². The molecule has 2 spiro atoms. The van der Waals surface area contributed by atoms with Crippen LogP contribution in [0.25, 0.3) is 66.4 Å². The standard InChI is InChI=1S/C47H26GeN4O/c1-4-16-33-27(11-1)28-12-2-5-17-34(28)48(33)35-18-7-14-30-31-23-24-40-42-44(31)52(43(30)35)46-36(48)19-10-26-50(46)47(42)41-38(21-8-22-39(41)53-40)51-37-20-6-3-13-29(37)32-15-9-25-49(47)45(32)51/h1-26H/q+2. The van der Waals surface area contributed by atoms with Gasteiger partial charge in [0.2, 0.25) is 0 Å². The van der Waals surface area contributed by atoms with Gasteiger partial charge in [0, 0.05) is 0 Å². The Bertz CT molecular complexity index is 3420. The average Bonchev–Trinajstić information content (AvgIpc) is 3.84. The second-order valence-electron chi connectivity index (χ2n) is 15.2. The second kappa shape index (κ2) is 8.28. The third-order valence-corrected chi connectivity index (χ3v) is 23.6. The van der Waals surface area contributed by atoms with E-state index in [2.05, 4.69) is 176 Å². The Morgan fingerprint density at radius 2 is 1.13 bits per heavy atom. The molecule has 0 saturated heterocycles. The Morgan fingerprint density at radius 3 is 2.02 bits per heavy atom. The molecule has 9 heterocycles. The molecule has 53 heavy (non-hydrogen) atoms. The van der Waals surface area contributed by atoms with Gasteiger partial charge in [-0.25, -0.2) is 0 Å². The van der Waals surface area contributed by atoms with Gasteiger partial charge in [0.15, 0.2) is 0 Å². The quantitative estimate of drug-likeness (QED) is 0.136. The predicted molar refractivity (Wildman–Crippen MR) is 210 cm³/mol. The van der Waals surface area contributed by atoms with Crippen LogP contribution in [0.1, 0.15) is 11.1 Å². The number of rotatable bonds is 0. The fourth-order valence-electron chi connectivity index (χ4n) is 11.8. The van der Waals surface area contributed by atoms with Gasteiger partial charge in [0.1, 0.15) is 0 Å². The van der Waals surface area contributed by atoms with E-state index >= 15 is 0 Å². The van der Waals surface area contributed by atoms with Crippen LogP contribution < -0.4 is 31.5 Å². The summed E-state index contributed by atoms with van der Waals surface area (Å²) < 4.78 is 23.5. The summed E-state index contributed by atoms with van der Waals surface area (Å²) in [5, 5.41) is 5.10. The average molecular weight is 735 g/mol. The van der Waals surface area contributed by atoms with Crippen LogP contribution in [0.15, 0.2) is 158 Å². The number of benzene rings is 6. The predicted octanol–water partition coefficient (Wildman–Crippen LogP) is 6.16. The Labute approximate surface area is 305 Å². The Morgan fingerprint density at radius 1 is 0.472 bits per heavy atom. The van der Waals surface area contributed by atoms with E-state index in [-0.39, 0.29) is 0 Å². The van der Waals surface area contributed by atoms with Gasteiger partial charge in [0.25, 0.3) is 0 Å². The summed E-state index contributed by atoms with van der Waals surface area (Å²) >= 11 is -3.62. The van der Waals surface area contributed by atoms with Crippen molar-refractivity contribution in [3.05, 3.63) is 169 Å². The van der Waals surface area contributed by atoms with Crippen molar-refractivity contribution in [3.63, 3.8) is 0 Å². The Hall–Kier alpha value is -6.44. The van der Waals surface area contributed by atoms with E-state index < -0.39 is 18.9 Å². The number of aromatic nitrogens is 4. The molecule has 0 amide bonds. The fourth-order valence-corrected chi connectivity index (χ4v) is 23.4. The SMILES string of the molecule is c1cc[c]2c(c1)-c1cccc[c]1[Ge]21[c]2ccc[n+]3c2-n2c4[c]1cccc4c1ccc4c(c12)C31c2c(cccc2-n2c3ccccc3c3ccc[n+]1c32)O4. The zero-order valence-corrected chi connectivity index (χ0v) is 30.3. The molecule has 6 heteroatoms. The first-order chi connectivity index (χ1) is 26.3. The summed E-state index contributed by atoms with van der Waals surface area (Å²) in [5.74, 6) is 3.11. The molecule has 15 rings (SSSR count). The first-order valence-corrected chi connectivity index (χ1v) is 22.6. The van der Waals surface area contributed by atoms with Crippen LogP contribution in [0.4, 0.5) is 0 Å². The molecule has 0 saturated carbocycles. The molecule has 6 aromatic carbocycles. The van der Waals surface area contributed by atoms with Crippen LogP contribution >= 0.6 is 0 Å². The third-order valence-electron chi connectivity index (χ3n) is 13.3. The summed E-state index contributed by atoms with van der Waals surface area (Å²) in [6, 6.07) is 55.2. The number of nitrogens with zero attached hydrogens (tertiary/aromatic N) is 4. The first kappa shape index (κ1) is 26.4. The minimum absolute atomic E-state index is 0.753. The molecule has 0 radical (unpaired) electrons. The normalized spacial score (nSPS) is 17.8. The van der Waals surface area contributed by atoms with Crippen LogP contribution in [-0.4, -0.2) is 22.4 Å². The third kappa shape index (κ3) is 2.46. The molecule has 0 aliphatic carbocycles. The molecule has 0 bridgehead atoms. The molecule has 5 aliphatic rings. The molecule has 5 nitrogen and oxygen atoms in total. The molecule has 4 aromatic heterocycles. The minimum atomic E-state index is -3.62. The van der Waals surface area contributed by atoms with Crippen LogP contribution in [0.2, 0.25) is 0 Å². The van der Waals surface area contributed by atoms with E-state index in [1.807, 2.05) is 0 Å². The van der Waals surface area contributed by atoms with Gasteiger partial charge in [0.05, 0.1) is 0 Å². The van der Waals surface area contributed by atoms with E-state index in [1.54, 1.807) is 0 Å². The van der Waals surface area contributed by atoms with Gasteiger partial charge in [-0.15, -0.1) is 0 Å². The van der Waals surface area contributed by atoms with Gasteiger partial charge in [-0.2, -0.15) is 0 Å². The van der Waals surface area contributed by atoms with Crippen LogP contribution in [0, 0.1) is 0 Å². The number of fused-ring (bicyclic) bond motifs is 12. The summed E-state index contributed by atoms with van der Waals surface area (Å²) in [7, 11) is 0. The maximum atomic E-state index is 7.09. The molecule has 0 fully saturated rings. The summed E-state index contributed by atoms with van der Waals surface area (Å²) in [6.07, 6.45) is 4.69. The Kier molecular flexibility index (Phi) is 4.12. The van der Waals surface area contributed by atoms with Crippen molar-refractivity contribution < 1.29 is 13.9 Å². The van der Waals surface area contributed by atoms with E-state index in [4.69, 9.17) is 4.74 Å². The van der Waals surface area contributed by atoms with Crippen molar-refractivity contribution in [2.45, 2.75) is 5.66 Å². The number of para-hydroxylation sites is 2. The molecule has 0 N–H and O–H groups in total. The van der Waals surface area contributed by atoms with Gasteiger partial charge < -0.3 is 0 Å². The molecule has 242 valence electrons. The monoisotopic (exact) mass is 736 g/mol. The topological polar surface area (TPSA) is 26.8 Å². The van der Waals surface area contributed by atoms with Crippen molar-refractivity contribution in [3.8, 4) is 34.1 Å². The van der Waals surface area contributed by atoms with Gasteiger partial charge in [-0.3, -0.25) is 0 Å². The molecule has 1 unspecified atom stereocenters. The zero-order chi connectivity index (χ0) is 33.9. The van der Waals surface area contributed by atoms with E-state index in [9.17, 15) is 0 Å². The molecule has 5 aliphatic heterocycles. The molecule has 10 aromatic rings. The van der Waals surface area contributed by atoms with Crippen LogP contribution in [-0.2, 0) is 5.66 Å². The van der Waals surface area contributed by atoms with E-state index in [1.165, 1.54) is 95.1 Å². The first-order valence-electron chi connectivity index (χ1n) is 18.5. The van der Waals surface area contributed by atoms with Crippen molar-refractivity contribution in [1.29, 1.82) is 0 Å². The summed E-state index contributed by atoms with van der Waals surface area (Å²) in [6.45, 7) is 0. The summed E-state index contributed by atoms with van der Waals surface area (Å²) in [4.78, 5) is 0. The van der Waals surface area contributed by atoms with Crippen molar-refractivity contribution >= 4 is 74.6 Å². The molecule has 1 atom stereocenters. The van der Waals surface area contributed by atoms with E-state index in [0.717, 1.165) is 11.5 Å². The number of pyridine rings is 2. The van der Waals surface area contributed by atoms with Crippen molar-refractivity contribution in [1.82, 2.24) is 9.13 Å². The van der Waals surface area contributed by atoms with Crippen molar-refractivity contribution in [2.24, 2.45) is 0 Å². The Balaban J connectivity index is 1.26. The zero-order valence-electron chi connectivity index (χ0n) is 28.2. The van der Waals surface area contributed by atoms with E-state index in [0.29, 0.717) is 0 Å². The molecular formula is C47H26GeN4O+2. The second-order valence-corrected chi connectivity index (χ2v) is 22.9. The van der Waals surface area contributed by atoms with Crippen molar-refractivity contribution in [2.75, 3.05) is 0 Å². The maximum absolute atomic E-state index is 7.09. The van der Waals surface area contributed by atoms with Gasteiger partial charge >= 0.3 is 307 Å².